The zero-order chi connectivity index (χ0) is 16.6. The summed E-state index contributed by atoms with van der Waals surface area (Å²) in [6.45, 7) is 4.22. The average Bonchev–Trinajstić information content (AvgIpc) is 2.44. The van der Waals surface area contributed by atoms with Gasteiger partial charge in [-0.05, 0) is 33.1 Å². The monoisotopic (exact) mass is 312 g/mol. The number of aliphatic carboxylic acids is 1. The van der Waals surface area contributed by atoms with Crippen molar-refractivity contribution in [3.8, 4) is 0 Å². The highest BCUT2D eigenvalue weighted by molar-refractivity contribution is 5.82. The van der Waals surface area contributed by atoms with Crippen molar-refractivity contribution in [3.05, 3.63) is 11.6 Å². The third kappa shape index (κ3) is 15.1. The molecule has 22 heavy (non-hydrogen) atoms. The molecule has 0 aliphatic heterocycles. The molecule has 128 valence electrons. The van der Waals surface area contributed by atoms with E-state index < -0.39 is 5.97 Å². The van der Waals surface area contributed by atoms with Gasteiger partial charge in [0.05, 0.1) is 6.61 Å². The van der Waals surface area contributed by atoms with Crippen LogP contribution in [0.4, 0.5) is 0 Å². The minimum Gasteiger partial charge on any atom is -0.481 e. The summed E-state index contributed by atoms with van der Waals surface area (Å²) in [6, 6.07) is 0. The summed E-state index contributed by atoms with van der Waals surface area (Å²) in [5, 5.41) is 8.52. The Morgan fingerprint density at radius 3 is 1.77 bits per heavy atom. The fraction of sp³-hybridized carbons (Fsp3) is 0.778. The predicted molar refractivity (Wildman–Crippen MR) is 88.8 cm³/mol. The van der Waals surface area contributed by atoms with E-state index in [2.05, 4.69) is 0 Å². The maximum atomic E-state index is 11.2. The normalized spacial score (nSPS) is 11.5. The number of carbonyl (C=O) groups is 2. The van der Waals surface area contributed by atoms with Crippen LogP contribution in [-0.2, 0) is 14.3 Å². The molecule has 0 aromatic carbocycles. The van der Waals surface area contributed by atoms with Gasteiger partial charge in [0.15, 0.2) is 0 Å². The van der Waals surface area contributed by atoms with Gasteiger partial charge < -0.3 is 9.84 Å². The second kappa shape index (κ2) is 14.6. The van der Waals surface area contributed by atoms with Gasteiger partial charge in [-0.3, -0.25) is 4.79 Å². The van der Waals surface area contributed by atoms with Crippen LogP contribution in [0.15, 0.2) is 11.6 Å². The Morgan fingerprint density at radius 2 is 1.32 bits per heavy atom. The van der Waals surface area contributed by atoms with Crippen LogP contribution in [0.2, 0.25) is 0 Å². The van der Waals surface area contributed by atoms with Crippen molar-refractivity contribution < 1.29 is 19.4 Å². The van der Waals surface area contributed by atoms with E-state index in [0.29, 0.717) is 13.0 Å². The summed E-state index contributed by atoms with van der Waals surface area (Å²) in [7, 11) is 0. The molecule has 0 saturated carbocycles. The molecule has 0 aliphatic rings. The van der Waals surface area contributed by atoms with Crippen LogP contribution >= 0.6 is 0 Å². The third-order valence-corrected chi connectivity index (χ3v) is 3.61. The van der Waals surface area contributed by atoms with Crippen LogP contribution in [0.3, 0.4) is 0 Å². The Hall–Kier alpha value is -1.32. The standard InChI is InChI=1S/C18H32O4/c1-3-22-18(21)15-16(2)13-11-9-7-5-4-6-8-10-12-14-17(19)20/h15H,3-14H2,1-2H3,(H,19,20). The molecule has 0 saturated heterocycles. The molecule has 0 bridgehead atoms. The van der Waals surface area contributed by atoms with Crippen molar-refractivity contribution in [2.24, 2.45) is 0 Å². The van der Waals surface area contributed by atoms with E-state index >= 15 is 0 Å². The molecule has 0 atom stereocenters. The van der Waals surface area contributed by atoms with E-state index in [0.717, 1.165) is 37.7 Å². The number of unbranched alkanes of at least 4 members (excludes halogenated alkanes) is 8. The molecule has 0 spiro atoms. The Kier molecular flexibility index (Phi) is 13.7. The van der Waals surface area contributed by atoms with E-state index in [1.54, 1.807) is 6.08 Å². The van der Waals surface area contributed by atoms with Gasteiger partial charge in [-0.2, -0.15) is 0 Å². The first-order chi connectivity index (χ1) is 10.6. The van der Waals surface area contributed by atoms with E-state index in [4.69, 9.17) is 9.84 Å². The van der Waals surface area contributed by atoms with Crippen molar-refractivity contribution in [2.75, 3.05) is 6.61 Å². The second-order valence-corrected chi connectivity index (χ2v) is 5.82. The highest BCUT2D eigenvalue weighted by atomic mass is 16.5. The van der Waals surface area contributed by atoms with Crippen LogP contribution < -0.4 is 0 Å². The van der Waals surface area contributed by atoms with Gasteiger partial charge in [-0.15, -0.1) is 0 Å². The van der Waals surface area contributed by atoms with Crippen LogP contribution in [-0.4, -0.2) is 23.7 Å². The van der Waals surface area contributed by atoms with Crippen LogP contribution in [0, 0.1) is 0 Å². The number of carboxylic acid groups (broad SMARTS) is 1. The zero-order valence-electron chi connectivity index (χ0n) is 14.2. The van der Waals surface area contributed by atoms with E-state index in [1.165, 1.54) is 32.1 Å². The van der Waals surface area contributed by atoms with Crippen molar-refractivity contribution in [1.29, 1.82) is 0 Å². The summed E-state index contributed by atoms with van der Waals surface area (Å²) in [4.78, 5) is 21.6. The van der Waals surface area contributed by atoms with Crippen LogP contribution in [0.5, 0.6) is 0 Å². The number of hydrogen-bond acceptors (Lipinski definition) is 3. The molecule has 0 rings (SSSR count). The minimum absolute atomic E-state index is 0.233. The molecule has 1 N–H and O–H groups in total. The molecule has 0 aromatic heterocycles. The first-order valence-corrected chi connectivity index (χ1v) is 8.62. The largest absolute Gasteiger partial charge is 0.481 e. The number of ether oxygens (including phenoxy) is 1. The SMILES string of the molecule is CCOC(=O)C=C(C)CCCCCCCCCCCC(=O)O. The number of carbonyl (C=O) groups excluding carboxylic acids is 1. The Balaban J connectivity index is 3.33. The van der Waals surface area contributed by atoms with Crippen LogP contribution in [0.1, 0.15) is 84.5 Å². The van der Waals surface area contributed by atoms with Crippen molar-refractivity contribution >= 4 is 11.9 Å². The van der Waals surface area contributed by atoms with Gasteiger partial charge in [0, 0.05) is 12.5 Å². The number of rotatable bonds is 14. The number of carboxylic acids is 1. The van der Waals surface area contributed by atoms with Crippen molar-refractivity contribution in [2.45, 2.75) is 84.5 Å². The third-order valence-electron chi connectivity index (χ3n) is 3.61. The van der Waals surface area contributed by atoms with E-state index in [1.807, 2.05) is 13.8 Å². The Labute approximate surface area is 134 Å². The lowest BCUT2D eigenvalue weighted by Crippen LogP contribution is -2.00. The van der Waals surface area contributed by atoms with Crippen molar-refractivity contribution in [1.82, 2.24) is 0 Å². The molecular formula is C18H32O4. The van der Waals surface area contributed by atoms with Gasteiger partial charge in [0.2, 0.25) is 0 Å². The summed E-state index contributed by atoms with van der Waals surface area (Å²) in [6.07, 6.45) is 13.1. The van der Waals surface area contributed by atoms with Gasteiger partial charge in [0.1, 0.15) is 0 Å². The Bertz CT molecular complexity index is 334. The number of hydrogen-bond donors (Lipinski definition) is 1. The highest BCUT2D eigenvalue weighted by Crippen LogP contribution is 2.13. The number of allylic oxidation sites excluding steroid dienone is 1. The lowest BCUT2D eigenvalue weighted by molar-refractivity contribution is -0.138. The molecule has 0 aromatic rings. The molecule has 0 radical (unpaired) electrons. The first-order valence-electron chi connectivity index (χ1n) is 8.62. The fourth-order valence-electron chi connectivity index (χ4n) is 2.37. The maximum Gasteiger partial charge on any atom is 0.330 e. The molecule has 0 fully saturated rings. The van der Waals surface area contributed by atoms with Crippen molar-refractivity contribution in [3.63, 3.8) is 0 Å². The Morgan fingerprint density at radius 1 is 0.864 bits per heavy atom. The van der Waals surface area contributed by atoms with Gasteiger partial charge in [0.25, 0.3) is 0 Å². The highest BCUT2D eigenvalue weighted by Gasteiger charge is 1.99. The van der Waals surface area contributed by atoms with Gasteiger partial charge >= 0.3 is 11.9 Å². The number of esters is 1. The van der Waals surface area contributed by atoms with E-state index in [9.17, 15) is 9.59 Å². The zero-order valence-corrected chi connectivity index (χ0v) is 14.2. The van der Waals surface area contributed by atoms with Gasteiger partial charge in [-0.1, -0.05) is 50.5 Å². The summed E-state index contributed by atoms with van der Waals surface area (Å²) < 4.78 is 4.88. The minimum atomic E-state index is -0.688. The first kappa shape index (κ1) is 20.7. The molecule has 0 amide bonds. The molecule has 0 aliphatic carbocycles. The summed E-state index contributed by atoms with van der Waals surface area (Å²) in [5.74, 6) is -0.921. The molecule has 0 heterocycles. The second-order valence-electron chi connectivity index (χ2n) is 5.82. The fourth-order valence-corrected chi connectivity index (χ4v) is 2.37. The molecular weight excluding hydrogens is 280 g/mol. The van der Waals surface area contributed by atoms with Gasteiger partial charge in [-0.25, -0.2) is 4.79 Å². The quantitative estimate of drug-likeness (QED) is 0.282. The maximum absolute atomic E-state index is 11.2. The average molecular weight is 312 g/mol. The topological polar surface area (TPSA) is 63.6 Å². The van der Waals surface area contributed by atoms with Crippen LogP contribution in [0.25, 0.3) is 0 Å². The molecule has 4 heteroatoms. The van der Waals surface area contributed by atoms with E-state index in [-0.39, 0.29) is 5.97 Å². The lowest BCUT2D eigenvalue weighted by atomic mass is 10.0. The summed E-state index contributed by atoms with van der Waals surface area (Å²) in [5.41, 5.74) is 1.09. The molecule has 4 nitrogen and oxygen atoms in total. The smallest absolute Gasteiger partial charge is 0.330 e. The lowest BCUT2D eigenvalue weighted by Gasteiger charge is -2.03. The molecule has 0 unspecified atom stereocenters. The summed E-state index contributed by atoms with van der Waals surface area (Å²) >= 11 is 0. The predicted octanol–water partition coefficient (Wildman–Crippen LogP) is 4.87.